The lowest BCUT2D eigenvalue weighted by molar-refractivity contribution is -0.384. The van der Waals surface area contributed by atoms with Crippen molar-refractivity contribution >= 4 is 23.3 Å². The zero-order valence-electron chi connectivity index (χ0n) is 17.7. The number of carbonyl (C=O) groups excluding carboxylic acids is 2. The second kappa shape index (κ2) is 9.61. The largest absolute Gasteiger partial charge is 0.495 e. The van der Waals surface area contributed by atoms with E-state index in [4.69, 9.17) is 9.47 Å². The summed E-state index contributed by atoms with van der Waals surface area (Å²) >= 11 is 0. The van der Waals surface area contributed by atoms with Gasteiger partial charge in [-0.1, -0.05) is 0 Å². The third-order valence-electron chi connectivity index (χ3n) is 5.64. The van der Waals surface area contributed by atoms with E-state index in [1.165, 1.54) is 32.4 Å². The predicted molar refractivity (Wildman–Crippen MR) is 113 cm³/mol. The van der Waals surface area contributed by atoms with Crippen molar-refractivity contribution < 1.29 is 24.0 Å². The first-order valence-electron chi connectivity index (χ1n) is 9.98. The minimum Gasteiger partial charge on any atom is -0.495 e. The first kappa shape index (κ1) is 22.3. The molecule has 10 heteroatoms. The number of hydrogen-bond acceptors (Lipinski definition) is 7. The van der Waals surface area contributed by atoms with Crippen LogP contribution in [0.1, 0.15) is 36.3 Å². The van der Waals surface area contributed by atoms with Crippen LogP contribution in [0.5, 0.6) is 5.75 Å². The minimum absolute atomic E-state index is 0.127. The smallest absolute Gasteiger partial charge is 0.354 e. The van der Waals surface area contributed by atoms with Crippen LogP contribution < -0.4 is 10.1 Å². The van der Waals surface area contributed by atoms with E-state index >= 15 is 0 Å². The second-order valence-electron chi connectivity index (χ2n) is 7.37. The maximum atomic E-state index is 12.8. The standard InChI is InChI=1S/C21H26N4O6/c1-14(20(26)22-17-13-16(25(28)29)6-7-19(17)30-2)23-11-8-15(9-12-23)24-10-4-5-18(24)21(27)31-3/h4-7,10,13-15H,8-9,11-12H2,1-3H3,(H,22,26). The molecule has 10 nitrogen and oxygen atoms in total. The van der Waals surface area contributed by atoms with Gasteiger partial charge in [0.25, 0.3) is 5.69 Å². The summed E-state index contributed by atoms with van der Waals surface area (Å²) in [5.74, 6) is -0.285. The molecule has 0 saturated carbocycles. The van der Waals surface area contributed by atoms with E-state index in [2.05, 4.69) is 10.2 Å². The van der Waals surface area contributed by atoms with E-state index in [0.717, 1.165) is 12.8 Å². The molecule has 1 atom stereocenters. The lowest BCUT2D eigenvalue weighted by atomic mass is 10.0. The van der Waals surface area contributed by atoms with Gasteiger partial charge < -0.3 is 19.4 Å². The van der Waals surface area contributed by atoms with Gasteiger partial charge in [0.15, 0.2) is 0 Å². The van der Waals surface area contributed by atoms with Crippen LogP contribution in [0, 0.1) is 10.1 Å². The number of non-ortho nitro benzene ring substituents is 1. The van der Waals surface area contributed by atoms with Crippen LogP contribution >= 0.6 is 0 Å². The predicted octanol–water partition coefficient (Wildman–Crippen LogP) is 2.86. The van der Waals surface area contributed by atoms with Crippen molar-refractivity contribution in [1.29, 1.82) is 0 Å². The molecule has 0 bridgehead atoms. The van der Waals surface area contributed by atoms with Crippen molar-refractivity contribution in [1.82, 2.24) is 9.47 Å². The van der Waals surface area contributed by atoms with Crippen molar-refractivity contribution in [3.05, 3.63) is 52.3 Å². The quantitative estimate of drug-likeness (QED) is 0.408. The van der Waals surface area contributed by atoms with Crippen LogP contribution in [0.2, 0.25) is 0 Å². The fourth-order valence-corrected chi connectivity index (χ4v) is 3.85. The molecule has 1 fully saturated rings. The molecule has 1 N–H and O–H groups in total. The average molecular weight is 430 g/mol. The highest BCUT2D eigenvalue weighted by Gasteiger charge is 2.29. The van der Waals surface area contributed by atoms with Crippen LogP contribution in [0.25, 0.3) is 0 Å². The maximum absolute atomic E-state index is 12.8. The van der Waals surface area contributed by atoms with Gasteiger partial charge in [-0.3, -0.25) is 19.8 Å². The van der Waals surface area contributed by atoms with Gasteiger partial charge in [-0.25, -0.2) is 4.79 Å². The second-order valence-corrected chi connectivity index (χ2v) is 7.37. The fourth-order valence-electron chi connectivity index (χ4n) is 3.85. The van der Waals surface area contributed by atoms with Crippen LogP contribution in [0.3, 0.4) is 0 Å². The zero-order valence-corrected chi connectivity index (χ0v) is 17.7. The molecule has 2 aromatic rings. The number of rotatable bonds is 7. The Morgan fingerprint density at radius 2 is 1.94 bits per heavy atom. The summed E-state index contributed by atoms with van der Waals surface area (Å²) in [5.41, 5.74) is 0.653. The Morgan fingerprint density at radius 1 is 1.23 bits per heavy atom. The number of nitro groups is 1. The number of nitrogens with one attached hydrogen (secondary N) is 1. The number of methoxy groups -OCH3 is 2. The number of carbonyl (C=O) groups is 2. The van der Waals surface area contributed by atoms with Gasteiger partial charge >= 0.3 is 5.97 Å². The van der Waals surface area contributed by atoms with Gasteiger partial charge in [0.2, 0.25) is 5.91 Å². The minimum atomic E-state index is -0.521. The number of ether oxygens (including phenoxy) is 2. The Bertz CT molecular complexity index is 965. The van der Waals surface area contributed by atoms with Gasteiger partial charge in [0.05, 0.1) is 30.9 Å². The Hall–Kier alpha value is -3.40. The number of piperidine rings is 1. The molecule has 166 valence electrons. The Kier molecular flexibility index (Phi) is 6.91. The molecule has 1 amide bonds. The Labute approximate surface area is 179 Å². The lowest BCUT2D eigenvalue weighted by Crippen LogP contribution is -2.46. The highest BCUT2D eigenvalue weighted by atomic mass is 16.6. The number of likely N-dealkylation sites (tertiary alicyclic amines) is 1. The molecule has 1 aromatic heterocycles. The van der Waals surface area contributed by atoms with Crippen molar-refractivity contribution in [2.45, 2.75) is 31.8 Å². The Morgan fingerprint density at radius 3 is 2.55 bits per heavy atom. The highest BCUT2D eigenvalue weighted by molar-refractivity contribution is 5.96. The third-order valence-corrected chi connectivity index (χ3v) is 5.64. The van der Waals surface area contributed by atoms with Crippen molar-refractivity contribution in [2.75, 3.05) is 32.6 Å². The average Bonchev–Trinajstić information content (AvgIpc) is 3.28. The topological polar surface area (TPSA) is 116 Å². The number of nitrogens with zero attached hydrogens (tertiary/aromatic N) is 3. The lowest BCUT2D eigenvalue weighted by Gasteiger charge is -2.36. The third kappa shape index (κ3) is 4.85. The molecule has 2 heterocycles. The maximum Gasteiger partial charge on any atom is 0.354 e. The molecule has 1 aromatic carbocycles. The summed E-state index contributed by atoms with van der Waals surface area (Å²) < 4.78 is 12.0. The number of hydrogen-bond donors (Lipinski definition) is 1. The molecule has 31 heavy (non-hydrogen) atoms. The van der Waals surface area contributed by atoms with E-state index < -0.39 is 11.0 Å². The van der Waals surface area contributed by atoms with Gasteiger partial charge in [-0.2, -0.15) is 0 Å². The Balaban J connectivity index is 1.63. The molecular formula is C21H26N4O6. The van der Waals surface area contributed by atoms with Crippen LogP contribution in [0.15, 0.2) is 36.5 Å². The zero-order chi connectivity index (χ0) is 22.5. The van der Waals surface area contributed by atoms with Crippen LogP contribution in [0.4, 0.5) is 11.4 Å². The van der Waals surface area contributed by atoms with Crippen LogP contribution in [-0.4, -0.2) is 59.6 Å². The number of amides is 1. The van der Waals surface area contributed by atoms with E-state index in [0.29, 0.717) is 24.5 Å². The summed E-state index contributed by atoms with van der Waals surface area (Å²) in [6.45, 7) is 3.14. The monoisotopic (exact) mass is 430 g/mol. The van der Waals surface area contributed by atoms with Gasteiger partial charge in [-0.05, 0) is 38.0 Å². The van der Waals surface area contributed by atoms with E-state index in [-0.39, 0.29) is 29.3 Å². The summed E-state index contributed by atoms with van der Waals surface area (Å²) in [6, 6.07) is 7.34. The fraction of sp³-hybridized carbons (Fsp3) is 0.429. The highest BCUT2D eigenvalue weighted by Crippen LogP contribution is 2.30. The molecule has 0 aliphatic carbocycles. The van der Waals surface area contributed by atoms with E-state index in [1.807, 2.05) is 16.8 Å². The first-order chi connectivity index (χ1) is 14.8. The van der Waals surface area contributed by atoms with Crippen molar-refractivity contribution in [3.8, 4) is 5.75 Å². The molecule has 1 unspecified atom stereocenters. The van der Waals surface area contributed by atoms with Crippen molar-refractivity contribution in [2.24, 2.45) is 0 Å². The number of aromatic nitrogens is 1. The SMILES string of the molecule is COC(=O)c1cccn1C1CCN(C(C)C(=O)Nc2cc([N+](=O)[O-])ccc2OC)CC1. The molecule has 1 saturated heterocycles. The van der Waals surface area contributed by atoms with Crippen LogP contribution in [-0.2, 0) is 9.53 Å². The molecule has 0 spiro atoms. The molecule has 1 aliphatic rings. The number of nitro benzene ring substituents is 1. The van der Waals surface area contributed by atoms with Gasteiger partial charge in [0, 0.05) is 37.5 Å². The summed E-state index contributed by atoms with van der Waals surface area (Å²) in [6.07, 6.45) is 3.42. The molecule has 0 radical (unpaired) electrons. The van der Waals surface area contributed by atoms with E-state index in [1.54, 1.807) is 13.0 Å². The van der Waals surface area contributed by atoms with E-state index in [9.17, 15) is 19.7 Å². The van der Waals surface area contributed by atoms with Gasteiger partial charge in [-0.15, -0.1) is 0 Å². The molecule has 3 rings (SSSR count). The summed E-state index contributed by atoms with van der Waals surface area (Å²) in [4.78, 5) is 37.3. The molecular weight excluding hydrogens is 404 g/mol. The summed E-state index contributed by atoms with van der Waals surface area (Å²) in [7, 11) is 2.80. The molecule has 1 aliphatic heterocycles. The number of esters is 1. The number of benzene rings is 1. The number of anilines is 1. The normalized spacial score (nSPS) is 15.8. The summed E-state index contributed by atoms with van der Waals surface area (Å²) in [5, 5.41) is 13.8. The van der Waals surface area contributed by atoms with Crippen molar-refractivity contribution in [3.63, 3.8) is 0 Å². The first-order valence-corrected chi connectivity index (χ1v) is 9.98. The van der Waals surface area contributed by atoms with Gasteiger partial charge in [0.1, 0.15) is 11.4 Å².